The molecule has 0 radical (unpaired) electrons. The molecule has 1 aliphatic heterocycles. The Kier molecular flexibility index (Phi) is 6.65. The molecule has 1 fully saturated rings. The van der Waals surface area contributed by atoms with E-state index in [1.54, 1.807) is 0 Å². The van der Waals surface area contributed by atoms with Gasteiger partial charge in [0.1, 0.15) is 0 Å². The molecule has 5 heteroatoms. The lowest BCUT2D eigenvalue weighted by molar-refractivity contribution is -0.128. The van der Waals surface area contributed by atoms with Gasteiger partial charge in [-0.05, 0) is 32.1 Å². The first-order chi connectivity index (χ1) is 8.10. The first-order valence-corrected chi connectivity index (χ1v) is 9.54. The fourth-order valence-corrected chi connectivity index (χ4v) is 4.47. The molecule has 0 aliphatic carbocycles. The molecule has 1 heterocycles. The molecular weight excluding hydrogens is 236 g/mol. The summed E-state index contributed by atoms with van der Waals surface area (Å²) in [4.78, 5) is 0. The summed E-state index contributed by atoms with van der Waals surface area (Å²) < 4.78 is 11.1. The Balaban J connectivity index is 2.30. The Bertz CT molecular complexity index is 205. The van der Waals surface area contributed by atoms with Gasteiger partial charge in [-0.3, -0.25) is 0 Å². The van der Waals surface area contributed by atoms with E-state index in [1.807, 2.05) is 0 Å². The maximum absolute atomic E-state index is 9.07. The maximum atomic E-state index is 9.07. The number of ether oxygens (including phenoxy) is 2. The molecule has 0 bridgehead atoms. The van der Waals surface area contributed by atoms with Gasteiger partial charge in [-0.15, -0.1) is 0 Å². The van der Waals surface area contributed by atoms with E-state index < -0.39 is 15.1 Å². The van der Waals surface area contributed by atoms with Crippen molar-refractivity contribution in [1.29, 1.82) is 0 Å². The van der Waals surface area contributed by atoms with Crippen LogP contribution in [0.15, 0.2) is 0 Å². The molecule has 1 aliphatic rings. The highest BCUT2D eigenvalue weighted by Gasteiger charge is 2.36. The van der Waals surface area contributed by atoms with Crippen LogP contribution < -0.4 is 0 Å². The molecule has 2 N–H and O–H groups in total. The van der Waals surface area contributed by atoms with Gasteiger partial charge >= 0.3 is 0 Å². The van der Waals surface area contributed by atoms with Crippen LogP contribution in [0.25, 0.3) is 0 Å². The normalized spacial score (nSPS) is 27.4. The van der Waals surface area contributed by atoms with Crippen molar-refractivity contribution in [2.45, 2.75) is 56.7 Å². The summed E-state index contributed by atoms with van der Waals surface area (Å²) in [5.74, 6) is 0. The zero-order valence-corrected chi connectivity index (χ0v) is 12.2. The quantitative estimate of drug-likeness (QED) is 0.409. The Labute approximate surface area is 106 Å². The average molecular weight is 262 g/mol. The minimum absolute atomic E-state index is 0.131. The topological polar surface area (TPSA) is 58.9 Å². The van der Waals surface area contributed by atoms with Crippen LogP contribution in [0.5, 0.6) is 0 Å². The second-order valence-electron chi connectivity index (χ2n) is 5.14. The monoisotopic (exact) mass is 262 g/mol. The van der Waals surface area contributed by atoms with Crippen molar-refractivity contribution in [3.8, 4) is 0 Å². The van der Waals surface area contributed by atoms with Gasteiger partial charge in [0.15, 0.2) is 6.29 Å². The second-order valence-corrected chi connectivity index (χ2v) is 8.50. The first-order valence-electron chi connectivity index (χ1n) is 6.65. The fraction of sp³-hybridized carbons (Fsp3) is 1.00. The van der Waals surface area contributed by atoms with Gasteiger partial charge in [-0.2, -0.15) is 0 Å². The summed E-state index contributed by atoms with van der Waals surface area (Å²) in [6.07, 6.45) is 4.51. The van der Waals surface area contributed by atoms with Crippen LogP contribution in [0.4, 0.5) is 0 Å². The summed E-state index contributed by atoms with van der Waals surface area (Å²) in [5.41, 5.74) is 0. The Hall–Kier alpha value is 0.0569. The van der Waals surface area contributed by atoms with E-state index in [0.717, 1.165) is 19.4 Å². The van der Waals surface area contributed by atoms with Crippen molar-refractivity contribution in [3.63, 3.8) is 0 Å². The molecule has 2 atom stereocenters. The smallest absolute Gasteiger partial charge is 0.177 e. The van der Waals surface area contributed by atoms with Gasteiger partial charge < -0.3 is 19.7 Å². The molecule has 2 unspecified atom stereocenters. The summed E-state index contributed by atoms with van der Waals surface area (Å²) in [7, 11) is -0.852. The molecule has 4 nitrogen and oxygen atoms in total. The molecule has 102 valence electrons. The lowest BCUT2D eigenvalue weighted by atomic mass is 10.0. The van der Waals surface area contributed by atoms with Gasteiger partial charge in [0.25, 0.3) is 0 Å². The number of aliphatic hydroxyl groups is 2. The van der Waals surface area contributed by atoms with Crippen molar-refractivity contribution in [1.82, 2.24) is 0 Å². The summed E-state index contributed by atoms with van der Waals surface area (Å²) in [6.45, 7) is 5.74. The van der Waals surface area contributed by atoms with Gasteiger partial charge in [-0.1, -0.05) is 13.1 Å². The van der Waals surface area contributed by atoms with Gasteiger partial charge in [0, 0.05) is 13.2 Å². The van der Waals surface area contributed by atoms with E-state index >= 15 is 0 Å². The highest BCUT2D eigenvalue weighted by molar-refractivity contribution is 6.59. The number of rotatable bonds is 7. The third-order valence-corrected chi connectivity index (χ3v) is 6.50. The number of aliphatic hydroxyl groups excluding tert-OH is 2. The van der Waals surface area contributed by atoms with Crippen LogP contribution in [0.3, 0.4) is 0 Å². The van der Waals surface area contributed by atoms with Crippen LogP contribution >= 0.6 is 0 Å². The molecule has 0 spiro atoms. The van der Waals surface area contributed by atoms with Crippen molar-refractivity contribution in [3.05, 3.63) is 0 Å². The Morgan fingerprint density at radius 3 is 2.71 bits per heavy atom. The predicted molar refractivity (Wildman–Crippen MR) is 69.7 cm³/mol. The molecule has 1 rings (SSSR count). The van der Waals surface area contributed by atoms with Crippen molar-refractivity contribution >= 4 is 8.80 Å². The molecular formula is C12H26O4Si. The van der Waals surface area contributed by atoms with Gasteiger partial charge in [0.2, 0.25) is 0 Å². The molecule has 0 saturated carbocycles. The molecule has 0 amide bonds. The molecule has 0 aromatic rings. The molecule has 0 aromatic carbocycles. The standard InChI is InChI=1S/C12H26O4Si/c1-17(2)12(6-3-4-9-16-12)7-5-8-15-11(14)10-13/h11,13-14,17H,3-10H2,1-2H3. The zero-order valence-electron chi connectivity index (χ0n) is 11.0. The van der Waals surface area contributed by atoms with E-state index in [-0.39, 0.29) is 11.8 Å². The van der Waals surface area contributed by atoms with Crippen LogP contribution in [-0.2, 0) is 9.47 Å². The van der Waals surface area contributed by atoms with Gasteiger partial charge in [0.05, 0.1) is 20.6 Å². The van der Waals surface area contributed by atoms with Crippen molar-refractivity contribution in [2.75, 3.05) is 19.8 Å². The third-order valence-electron chi connectivity index (χ3n) is 3.65. The lowest BCUT2D eigenvalue weighted by Gasteiger charge is -2.40. The minimum Gasteiger partial charge on any atom is -0.391 e. The average Bonchev–Trinajstić information content (AvgIpc) is 2.35. The van der Waals surface area contributed by atoms with Gasteiger partial charge in [-0.25, -0.2) is 0 Å². The lowest BCUT2D eigenvalue weighted by Crippen LogP contribution is -2.47. The Morgan fingerprint density at radius 2 is 2.18 bits per heavy atom. The zero-order chi connectivity index (χ0) is 12.7. The van der Waals surface area contributed by atoms with Crippen molar-refractivity contribution < 1.29 is 19.7 Å². The van der Waals surface area contributed by atoms with Crippen molar-refractivity contribution in [2.24, 2.45) is 0 Å². The second kappa shape index (κ2) is 7.48. The maximum Gasteiger partial charge on any atom is 0.177 e. The first kappa shape index (κ1) is 15.1. The highest BCUT2D eigenvalue weighted by atomic mass is 28.3. The molecule has 1 saturated heterocycles. The van der Waals surface area contributed by atoms with E-state index in [0.29, 0.717) is 6.61 Å². The predicted octanol–water partition coefficient (Wildman–Crippen LogP) is 1.06. The van der Waals surface area contributed by atoms with Crippen LogP contribution in [0.1, 0.15) is 32.1 Å². The SMILES string of the molecule is C[SiH](C)C1(CCCOC(O)CO)CCCCO1. The van der Waals surface area contributed by atoms with Crippen LogP contribution in [-0.4, -0.2) is 50.3 Å². The largest absolute Gasteiger partial charge is 0.391 e. The fourth-order valence-electron chi connectivity index (χ4n) is 2.46. The minimum atomic E-state index is -1.03. The Morgan fingerprint density at radius 1 is 1.41 bits per heavy atom. The van der Waals surface area contributed by atoms with Crippen LogP contribution in [0, 0.1) is 0 Å². The third kappa shape index (κ3) is 4.67. The summed E-state index contributed by atoms with van der Waals surface area (Å²) in [5, 5.41) is 17.8. The van der Waals surface area contributed by atoms with Crippen LogP contribution in [0.2, 0.25) is 13.1 Å². The van der Waals surface area contributed by atoms with E-state index in [2.05, 4.69) is 13.1 Å². The summed E-state index contributed by atoms with van der Waals surface area (Å²) in [6, 6.07) is 0. The molecule has 17 heavy (non-hydrogen) atoms. The number of hydrogen-bond donors (Lipinski definition) is 2. The molecule has 0 aromatic heterocycles. The van der Waals surface area contributed by atoms with E-state index in [1.165, 1.54) is 19.3 Å². The highest BCUT2D eigenvalue weighted by Crippen LogP contribution is 2.32. The summed E-state index contributed by atoms with van der Waals surface area (Å²) >= 11 is 0. The van der Waals surface area contributed by atoms with E-state index in [9.17, 15) is 0 Å². The number of hydrogen-bond acceptors (Lipinski definition) is 4. The van der Waals surface area contributed by atoms with E-state index in [4.69, 9.17) is 19.7 Å².